The Labute approximate surface area is 90.3 Å². The molecule has 1 aliphatic rings. The molecule has 0 aromatic heterocycles. The molecule has 0 N–H and O–H groups in total. The van der Waals surface area contributed by atoms with E-state index in [0.717, 1.165) is 6.42 Å². The number of carbonyl (C=O) groups excluding carboxylic acids is 1. The number of benzene rings is 1. The van der Waals surface area contributed by atoms with Gasteiger partial charge in [-0.25, -0.2) is 0 Å². The van der Waals surface area contributed by atoms with Gasteiger partial charge in [-0.2, -0.15) is 0 Å². The highest BCUT2D eigenvalue weighted by Crippen LogP contribution is 2.54. The van der Waals surface area contributed by atoms with Crippen LogP contribution in [0.3, 0.4) is 0 Å². The van der Waals surface area contributed by atoms with Gasteiger partial charge >= 0.3 is 5.97 Å². The largest absolute Gasteiger partial charge is 0.469 e. The van der Waals surface area contributed by atoms with Crippen LogP contribution in [0.25, 0.3) is 0 Å². The van der Waals surface area contributed by atoms with E-state index in [1.54, 1.807) is 0 Å². The second-order valence-corrected chi connectivity index (χ2v) is 4.56. The van der Waals surface area contributed by atoms with Crippen molar-refractivity contribution in [2.45, 2.75) is 25.7 Å². The van der Waals surface area contributed by atoms with Gasteiger partial charge in [0.1, 0.15) is 0 Å². The van der Waals surface area contributed by atoms with Crippen LogP contribution in [0.2, 0.25) is 0 Å². The molecule has 0 saturated heterocycles. The summed E-state index contributed by atoms with van der Waals surface area (Å²) in [4.78, 5) is 11.4. The minimum atomic E-state index is -0.0851. The molecule has 0 heterocycles. The number of hydrogen-bond acceptors (Lipinski definition) is 2. The number of esters is 1. The maximum Gasteiger partial charge on any atom is 0.309 e. The van der Waals surface area contributed by atoms with E-state index in [-0.39, 0.29) is 17.3 Å². The second-order valence-electron chi connectivity index (χ2n) is 4.56. The zero-order valence-electron chi connectivity index (χ0n) is 9.41. The summed E-state index contributed by atoms with van der Waals surface area (Å²) >= 11 is 0. The summed E-state index contributed by atoms with van der Waals surface area (Å²) in [6.07, 6.45) is 0.905. The minimum Gasteiger partial charge on any atom is -0.469 e. The Hall–Kier alpha value is -1.31. The molecular weight excluding hydrogens is 188 g/mol. The Bertz CT molecular complexity index is 380. The van der Waals surface area contributed by atoms with E-state index in [1.807, 2.05) is 0 Å². The quantitative estimate of drug-likeness (QED) is 0.692. The van der Waals surface area contributed by atoms with Gasteiger partial charge in [-0.3, -0.25) is 4.79 Å². The van der Waals surface area contributed by atoms with Crippen molar-refractivity contribution >= 4 is 5.97 Å². The maximum absolute atomic E-state index is 11.4. The summed E-state index contributed by atoms with van der Waals surface area (Å²) in [5, 5.41) is 0. The molecule has 0 radical (unpaired) electrons. The number of hydrogen-bond donors (Lipinski definition) is 0. The Morgan fingerprint density at radius 2 is 2.00 bits per heavy atom. The zero-order valence-corrected chi connectivity index (χ0v) is 9.41. The third-order valence-electron chi connectivity index (χ3n) is 3.43. The lowest BCUT2D eigenvalue weighted by Gasteiger charge is -2.11. The summed E-state index contributed by atoms with van der Waals surface area (Å²) < 4.78 is 4.78. The van der Waals surface area contributed by atoms with Crippen LogP contribution in [0.5, 0.6) is 0 Å². The first-order chi connectivity index (χ1) is 7.08. The topological polar surface area (TPSA) is 26.3 Å². The second kappa shape index (κ2) is 3.37. The molecule has 15 heavy (non-hydrogen) atoms. The van der Waals surface area contributed by atoms with Gasteiger partial charge in [0.2, 0.25) is 0 Å². The first kappa shape index (κ1) is 10.2. The summed E-state index contributed by atoms with van der Waals surface area (Å²) in [5.74, 6) is -0.0386. The van der Waals surface area contributed by atoms with Crippen molar-refractivity contribution < 1.29 is 9.53 Å². The van der Waals surface area contributed by atoms with Gasteiger partial charge in [-0.1, -0.05) is 36.8 Å². The molecular formula is C13H16O2. The van der Waals surface area contributed by atoms with Crippen molar-refractivity contribution in [3.05, 3.63) is 35.4 Å². The van der Waals surface area contributed by atoms with Crippen LogP contribution in [0.1, 0.15) is 24.5 Å². The van der Waals surface area contributed by atoms with E-state index >= 15 is 0 Å². The number of ether oxygens (including phenoxy) is 1. The van der Waals surface area contributed by atoms with E-state index in [9.17, 15) is 4.79 Å². The molecule has 0 spiro atoms. The van der Waals surface area contributed by atoms with Gasteiger partial charge in [0.25, 0.3) is 0 Å². The zero-order chi connectivity index (χ0) is 11.1. The molecule has 1 saturated carbocycles. The first-order valence-corrected chi connectivity index (χ1v) is 5.23. The van der Waals surface area contributed by atoms with Crippen molar-refractivity contribution in [1.29, 1.82) is 0 Å². The Morgan fingerprint density at radius 1 is 1.40 bits per heavy atom. The lowest BCUT2D eigenvalue weighted by molar-refractivity contribution is -0.142. The normalized spacial score (nSPS) is 28.6. The smallest absolute Gasteiger partial charge is 0.309 e. The lowest BCUT2D eigenvalue weighted by Crippen LogP contribution is -2.12. The van der Waals surface area contributed by atoms with E-state index in [4.69, 9.17) is 4.74 Å². The van der Waals surface area contributed by atoms with Gasteiger partial charge < -0.3 is 4.74 Å². The number of rotatable bonds is 2. The molecule has 0 amide bonds. The standard InChI is InChI=1S/C13H16O2/c1-9-4-6-10(7-5-9)13(2)8-11(13)12(14)15-3/h4-7,11H,8H2,1-3H3/t11-,13-/m1/s1. The van der Waals surface area contributed by atoms with Gasteiger partial charge in [0, 0.05) is 5.41 Å². The fourth-order valence-corrected chi connectivity index (χ4v) is 2.10. The Morgan fingerprint density at radius 3 is 2.53 bits per heavy atom. The lowest BCUT2D eigenvalue weighted by atomic mass is 9.95. The molecule has 1 aromatic carbocycles. The third kappa shape index (κ3) is 1.65. The number of methoxy groups -OCH3 is 1. The van der Waals surface area contributed by atoms with Crippen LogP contribution in [0, 0.1) is 12.8 Å². The van der Waals surface area contributed by atoms with Crippen molar-refractivity contribution in [2.24, 2.45) is 5.92 Å². The van der Waals surface area contributed by atoms with Crippen LogP contribution in [0.4, 0.5) is 0 Å². The predicted molar refractivity (Wildman–Crippen MR) is 58.7 cm³/mol. The molecule has 2 heteroatoms. The third-order valence-corrected chi connectivity index (χ3v) is 3.43. The van der Waals surface area contributed by atoms with Gasteiger partial charge in [0.05, 0.1) is 13.0 Å². The Kier molecular flexibility index (Phi) is 2.29. The van der Waals surface area contributed by atoms with Crippen LogP contribution in [-0.2, 0) is 14.9 Å². The van der Waals surface area contributed by atoms with Crippen LogP contribution in [-0.4, -0.2) is 13.1 Å². The molecule has 0 bridgehead atoms. The maximum atomic E-state index is 11.4. The van der Waals surface area contributed by atoms with E-state index in [1.165, 1.54) is 18.2 Å². The first-order valence-electron chi connectivity index (χ1n) is 5.23. The molecule has 2 atom stereocenters. The molecule has 1 fully saturated rings. The van der Waals surface area contributed by atoms with E-state index in [0.29, 0.717) is 0 Å². The summed E-state index contributed by atoms with van der Waals surface area (Å²) in [7, 11) is 1.45. The summed E-state index contributed by atoms with van der Waals surface area (Å²) in [6.45, 7) is 4.19. The molecule has 2 nitrogen and oxygen atoms in total. The summed E-state index contributed by atoms with van der Waals surface area (Å²) in [6, 6.07) is 8.40. The van der Waals surface area contributed by atoms with Crippen LogP contribution < -0.4 is 0 Å². The Balaban J connectivity index is 2.19. The van der Waals surface area contributed by atoms with Crippen LogP contribution >= 0.6 is 0 Å². The summed E-state index contributed by atoms with van der Waals surface area (Å²) in [5.41, 5.74) is 2.49. The molecule has 80 valence electrons. The highest BCUT2D eigenvalue weighted by atomic mass is 16.5. The highest BCUT2D eigenvalue weighted by molar-refractivity contribution is 5.78. The average molecular weight is 204 g/mol. The molecule has 2 rings (SSSR count). The van der Waals surface area contributed by atoms with Crippen molar-refractivity contribution in [3.63, 3.8) is 0 Å². The van der Waals surface area contributed by atoms with Gasteiger partial charge in [0.15, 0.2) is 0 Å². The fraction of sp³-hybridized carbons (Fsp3) is 0.462. The highest BCUT2D eigenvalue weighted by Gasteiger charge is 2.56. The molecule has 1 aliphatic carbocycles. The number of carbonyl (C=O) groups is 1. The minimum absolute atomic E-state index is 0.000787. The molecule has 0 aliphatic heterocycles. The molecule has 1 aromatic rings. The fourth-order valence-electron chi connectivity index (χ4n) is 2.10. The van der Waals surface area contributed by atoms with E-state index in [2.05, 4.69) is 38.1 Å². The number of aryl methyl sites for hydroxylation is 1. The van der Waals surface area contributed by atoms with E-state index < -0.39 is 0 Å². The van der Waals surface area contributed by atoms with Gasteiger partial charge in [-0.15, -0.1) is 0 Å². The monoisotopic (exact) mass is 204 g/mol. The SMILES string of the molecule is COC(=O)[C@H]1C[C@]1(C)c1ccc(C)cc1. The van der Waals surface area contributed by atoms with Crippen molar-refractivity contribution in [1.82, 2.24) is 0 Å². The van der Waals surface area contributed by atoms with Crippen molar-refractivity contribution in [3.8, 4) is 0 Å². The predicted octanol–water partition coefficient (Wildman–Crippen LogP) is 2.45. The van der Waals surface area contributed by atoms with Crippen molar-refractivity contribution in [2.75, 3.05) is 7.11 Å². The van der Waals surface area contributed by atoms with Gasteiger partial charge in [-0.05, 0) is 18.9 Å². The van der Waals surface area contributed by atoms with Crippen LogP contribution in [0.15, 0.2) is 24.3 Å². The average Bonchev–Trinajstić information content (AvgIpc) is 2.92. The molecule has 0 unspecified atom stereocenters.